The summed E-state index contributed by atoms with van der Waals surface area (Å²) < 4.78 is 0. The average molecular weight is 293 g/mol. The number of nitrogens with zero attached hydrogens (tertiary/aromatic N) is 1. The zero-order valence-corrected chi connectivity index (χ0v) is 12.7. The van der Waals surface area contributed by atoms with E-state index in [0.29, 0.717) is 23.7 Å². The first kappa shape index (κ1) is 17.0. The van der Waals surface area contributed by atoms with E-state index in [1.807, 2.05) is 13.8 Å². The van der Waals surface area contributed by atoms with Crippen LogP contribution in [0.3, 0.4) is 0 Å². The van der Waals surface area contributed by atoms with Crippen molar-refractivity contribution < 1.29 is 14.7 Å². The molecule has 0 aliphatic carbocycles. The Morgan fingerprint density at radius 1 is 1.24 bits per heavy atom. The highest BCUT2D eigenvalue weighted by molar-refractivity contribution is 5.95. The Morgan fingerprint density at radius 3 is 2.38 bits per heavy atom. The highest BCUT2D eigenvalue weighted by Crippen LogP contribution is 2.10. The quantitative estimate of drug-likeness (QED) is 0.744. The molecule has 0 radical (unpaired) electrons. The molecule has 1 aromatic carbocycles. The van der Waals surface area contributed by atoms with E-state index in [1.165, 1.54) is 4.90 Å². The van der Waals surface area contributed by atoms with Gasteiger partial charge in [-0.25, -0.2) is 4.79 Å². The summed E-state index contributed by atoms with van der Waals surface area (Å²) in [4.78, 5) is 24.9. The van der Waals surface area contributed by atoms with E-state index < -0.39 is 0 Å². The van der Waals surface area contributed by atoms with Gasteiger partial charge in [0.1, 0.15) is 0 Å². The predicted octanol–water partition coefficient (Wildman–Crippen LogP) is 1.53. The van der Waals surface area contributed by atoms with Crippen molar-refractivity contribution in [3.8, 4) is 0 Å². The molecule has 3 N–H and O–H groups in total. The van der Waals surface area contributed by atoms with Crippen LogP contribution in [-0.2, 0) is 0 Å². The van der Waals surface area contributed by atoms with E-state index in [-0.39, 0.29) is 25.1 Å². The first-order valence-electron chi connectivity index (χ1n) is 6.95. The van der Waals surface area contributed by atoms with Gasteiger partial charge < -0.3 is 20.6 Å². The van der Waals surface area contributed by atoms with Crippen molar-refractivity contribution in [2.45, 2.75) is 13.8 Å². The van der Waals surface area contributed by atoms with Gasteiger partial charge in [0.25, 0.3) is 5.91 Å². The molecule has 0 spiro atoms. The molecule has 1 rings (SSSR count). The number of nitrogens with one attached hydrogen (secondary N) is 2. The molecule has 0 heterocycles. The number of anilines is 1. The fourth-order valence-corrected chi connectivity index (χ4v) is 1.57. The lowest BCUT2D eigenvalue weighted by Gasteiger charge is -2.16. The molecular formula is C15H23N3O3. The van der Waals surface area contributed by atoms with Gasteiger partial charge in [0.2, 0.25) is 0 Å². The molecule has 0 aliphatic rings. The van der Waals surface area contributed by atoms with Crippen molar-refractivity contribution in [1.29, 1.82) is 0 Å². The SMILES string of the molecule is CC(C)CNC(=O)c1ccc(NC(=O)N(C)CCO)cc1. The number of likely N-dealkylation sites (N-methyl/N-ethyl adjacent to an activating group) is 1. The molecule has 6 heteroatoms. The molecule has 0 saturated heterocycles. The summed E-state index contributed by atoms with van der Waals surface area (Å²) in [5.74, 6) is 0.272. The minimum Gasteiger partial charge on any atom is -0.395 e. The molecule has 1 aromatic rings. The molecule has 21 heavy (non-hydrogen) atoms. The van der Waals surface area contributed by atoms with E-state index >= 15 is 0 Å². The van der Waals surface area contributed by atoms with E-state index in [1.54, 1.807) is 31.3 Å². The average Bonchev–Trinajstić information content (AvgIpc) is 2.45. The molecule has 0 aliphatic heterocycles. The Kier molecular flexibility index (Phi) is 6.68. The number of benzene rings is 1. The number of hydrogen-bond acceptors (Lipinski definition) is 3. The summed E-state index contributed by atoms with van der Waals surface area (Å²) >= 11 is 0. The third-order valence-electron chi connectivity index (χ3n) is 2.85. The third-order valence-corrected chi connectivity index (χ3v) is 2.85. The number of hydrogen-bond donors (Lipinski definition) is 3. The van der Waals surface area contributed by atoms with Gasteiger partial charge in [-0.05, 0) is 30.2 Å². The molecule has 0 unspecified atom stereocenters. The molecule has 0 fully saturated rings. The number of aliphatic hydroxyl groups excluding tert-OH is 1. The van der Waals surface area contributed by atoms with E-state index in [2.05, 4.69) is 10.6 Å². The second-order valence-corrected chi connectivity index (χ2v) is 5.26. The zero-order valence-electron chi connectivity index (χ0n) is 12.7. The van der Waals surface area contributed by atoms with Crippen LogP contribution < -0.4 is 10.6 Å². The van der Waals surface area contributed by atoms with E-state index in [4.69, 9.17) is 5.11 Å². The van der Waals surface area contributed by atoms with Gasteiger partial charge in [-0.15, -0.1) is 0 Å². The number of urea groups is 1. The lowest BCUT2D eigenvalue weighted by Crippen LogP contribution is -2.33. The van der Waals surface area contributed by atoms with Crippen molar-refractivity contribution >= 4 is 17.6 Å². The van der Waals surface area contributed by atoms with Crippen LogP contribution in [0, 0.1) is 5.92 Å². The predicted molar refractivity (Wildman–Crippen MR) is 82.3 cm³/mol. The summed E-state index contributed by atoms with van der Waals surface area (Å²) in [6, 6.07) is 6.37. The maximum atomic E-state index is 11.8. The van der Waals surface area contributed by atoms with Crippen LogP contribution in [-0.4, -0.2) is 48.7 Å². The largest absolute Gasteiger partial charge is 0.395 e. The van der Waals surface area contributed by atoms with Gasteiger partial charge in [-0.1, -0.05) is 13.8 Å². The number of aliphatic hydroxyl groups is 1. The van der Waals surface area contributed by atoms with Crippen LogP contribution in [0.5, 0.6) is 0 Å². The van der Waals surface area contributed by atoms with Crippen molar-refractivity contribution in [1.82, 2.24) is 10.2 Å². The van der Waals surface area contributed by atoms with Crippen LogP contribution in [0.1, 0.15) is 24.2 Å². The van der Waals surface area contributed by atoms with Crippen LogP contribution >= 0.6 is 0 Å². The van der Waals surface area contributed by atoms with Gasteiger partial charge in [0, 0.05) is 31.4 Å². The van der Waals surface area contributed by atoms with Gasteiger partial charge in [0.05, 0.1) is 6.61 Å². The normalized spacial score (nSPS) is 10.3. The standard InChI is InChI=1S/C15H23N3O3/c1-11(2)10-16-14(20)12-4-6-13(7-5-12)17-15(21)18(3)8-9-19/h4-7,11,19H,8-10H2,1-3H3,(H,16,20)(H,17,21). The van der Waals surface area contributed by atoms with Gasteiger partial charge in [-0.3, -0.25) is 4.79 Å². The number of rotatable bonds is 6. The Balaban J connectivity index is 2.57. The second kappa shape index (κ2) is 8.26. The zero-order chi connectivity index (χ0) is 15.8. The Morgan fingerprint density at radius 2 is 1.86 bits per heavy atom. The van der Waals surface area contributed by atoms with Gasteiger partial charge >= 0.3 is 6.03 Å². The molecule has 0 bridgehead atoms. The minimum atomic E-state index is -0.305. The fourth-order valence-electron chi connectivity index (χ4n) is 1.57. The molecular weight excluding hydrogens is 270 g/mol. The lowest BCUT2D eigenvalue weighted by atomic mass is 10.1. The molecule has 3 amide bonds. The fraction of sp³-hybridized carbons (Fsp3) is 0.467. The lowest BCUT2D eigenvalue weighted by molar-refractivity contribution is 0.0949. The molecule has 0 atom stereocenters. The topological polar surface area (TPSA) is 81.7 Å². The van der Waals surface area contributed by atoms with Crippen molar-refractivity contribution in [2.24, 2.45) is 5.92 Å². The Labute approximate surface area is 125 Å². The minimum absolute atomic E-state index is 0.0844. The monoisotopic (exact) mass is 293 g/mol. The maximum absolute atomic E-state index is 11.8. The van der Waals surface area contributed by atoms with Crippen LogP contribution in [0.4, 0.5) is 10.5 Å². The smallest absolute Gasteiger partial charge is 0.321 e. The summed E-state index contributed by atoms with van der Waals surface area (Å²) in [6.07, 6.45) is 0. The number of carbonyl (C=O) groups is 2. The van der Waals surface area contributed by atoms with E-state index in [9.17, 15) is 9.59 Å². The van der Waals surface area contributed by atoms with Gasteiger partial charge in [0.15, 0.2) is 0 Å². The maximum Gasteiger partial charge on any atom is 0.321 e. The molecule has 0 saturated carbocycles. The summed E-state index contributed by atoms with van der Waals surface area (Å²) in [6.45, 7) is 4.87. The highest BCUT2D eigenvalue weighted by atomic mass is 16.3. The summed E-state index contributed by atoms with van der Waals surface area (Å²) in [5.41, 5.74) is 1.16. The van der Waals surface area contributed by atoms with Crippen molar-refractivity contribution in [3.05, 3.63) is 29.8 Å². The second-order valence-electron chi connectivity index (χ2n) is 5.26. The number of carbonyl (C=O) groups excluding carboxylic acids is 2. The van der Waals surface area contributed by atoms with Crippen molar-refractivity contribution in [2.75, 3.05) is 32.1 Å². The van der Waals surface area contributed by atoms with Crippen molar-refractivity contribution in [3.63, 3.8) is 0 Å². The first-order valence-corrected chi connectivity index (χ1v) is 6.95. The Bertz CT molecular complexity index is 472. The summed E-state index contributed by atoms with van der Waals surface area (Å²) in [7, 11) is 1.60. The van der Waals surface area contributed by atoms with E-state index in [0.717, 1.165) is 0 Å². The summed E-state index contributed by atoms with van der Waals surface area (Å²) in [5, 5.41) is 14.3. The molecule has 116 valence electrons. The first-order chi connectivity index (χ1) is 9.93. The Hall–Kier alpha value is -2.08. The van der Waals surface area contributed by atoms with Crippen LogP contribution in [0.25, 0.3) is 0 Å². The third kappa shape index (κ3) is 5.83. The highest BCUT2D eigenvalue weighted by Gasteiger charge is 2.09. The van der Waals surface area contributed by atoms with Gasteiger partial charge in [-0.2, -0.15) is 0 Å². The molecule has 0 aromatic heterocycles. The van der Waals surface area contributed by atoms with Crippen LogP contribution in [0.2, 0.25) is 0 Å². The van der Waals surface area contributed by atoms with Crippen LogP contribution in [0.15, 0.2) is 24.3 Å². The molecule has 6 nitrogen and oxygen atoms in total. The number of amides is 3.